The Bertz CT molecular complexity index is 423. The summed E-state index contributed by atoms with van der Waals surface area (Å²) in [5.41, 5.74) is 0.276. The average Bonchev–Trinajstić information content (AvgIpc) is 2.15. The molecule has 1 aromatic carbocycles. The molecule has 5 nitrogen and oxygen atoms in total. The predicted octanol–water partition coefficient (Wildman–Crippen LogP) is 0.872. The van der Waals surface area contributed by atoms with Crippen molar-refractivity contribution in [2.45, 2.75) is 11.5 Å². The Balaban J connectivity index is 3.37. The molecule has 0 heterocycles. The molecule has 1 rings (SSSR count). The number of hydrogen-bond acceptors (Lipinski definition) is 3. The summed E-state index contributed by atoms with van der Waals surface area (Å²) >= 11 is 0. The van der Waals surface area contributed by atoms with Crippen molar-refractivity contribution < 1.29 is 22.8 Å². The van der Waals surface area contributed by atoms with E-state index in [0.717, 1.165) is 6.07 Å². The zero-order valence-corrected chi connectivity index (χ0v) is 8.24. The summed E-state index contributed by atoms with van der Waals surface area (Å²) in [7, 11) is -3.06. The zero-order valence-electron chi connectivity index (χ0n) is 7.43. The van der Waals surface area contributed by atoms with Crippen molar-refractivity contribution in [3.05, 3.63) is 23.8 Å². The number of benzene rings is 1. The Kier molecular flexibility index (Phi) is 3.10. The fourth-order valence-corrected chi connectivity index (χ4v) is 1.72. The van der Waals surface area contributed by atoms with Gasteiger partial charge in [0.2, 0.25) is 0 Å². The minimum Gasteiger partial charge on any atom is -0.495 e. The molecule has 1 aromatic rings. The van der Waals surface area contributed by atoms with Gasteiger partial charge in [0.05, 0.1) is 7.11 Å². The molecule has 0 saturated carbocycles. The standard InChI is InChI=1S/C8H9O5S/c1-13-7-3-2-6(5-9)4-8(7)14(10,11)12/h2-4H,5H2,1H3,(H,10,11,12). The Labute approximate surface area is 81.7 Å². The van der Waals surface area contributed by atoms with Crippen LogP contribution in [-0.4, -0.2) is 20.1 Å². The van der Waals surface area contributed by atoms with E-state index < -0.39 is 16.7 Å². The average molecular weight is 217 g/mol. The van der Waals surface area contributed by atoms with Crippen molar-refractivity contribution in [3.8, 4) is 5.75 Å². The summed E-state index contributed by atoms with van der Waals surface area (Å²) < 4.78 is 35.2. The molecule has 0 bridgehead atoms. The lowest BCUT2D eigenvalue weighted by Crippen LogP contribution is -2.02. The first-order valence-corrected chi connectivity index (χ1v) is 5.15. The zero-order chi connectivity index (χ0) is 10.8. The van der Waals surface area contributed by atoms with Crippen LogP contribution in [0.1, 0.15) is 5.56 Å². The molecule has 1 radical (unpaired) electrons. The van der Waals surface area contributed by atoms with Gasteiger partial charge in [-0.15, -0.1) is 0 Å². The second-order valence-corrected chi connectivity index (χ2v) is 3.99. The smallest absolute Gasteiger partial charge is 0.298 e. The van der Waals surface area contributed by atoms with Crippen LogP contribution in [0.15, 0.2) is 23.1 Å². The van der Waals surface area contributed by atoms with E-state index in [2.05, 4.69) is 0 Å². The van der Waals surface area contributed by atoms with Crippen LogP contribution in [0.25, 0.3) is 0 Å². The van der Waals surface area contributed by atoms with Gasteiger partial charge in [-0.05, 0) is 17.7 Å². The summed E-state index contributed by atoms with van der Waals surface area (Å²) in [5, 5.41) is 10.5. The summed E-state index contributed by atoms with van der Waals surface area (Å²) in [6.07, 6.45) is 0. The molecule has 0 aliphatic heterocycles. The van der Waals surface area contributed by atoms with Gasteiger partial charge in [0.25, 0.3) is 10.1 Å². The van der Waals surface area contributed by atoms with E-state index in [1.54, 1.807) is 0 Å². The lowest BCUT2D eigenvalue weighted by molar-refractivity contribution is 0.177. The lowest BCUT2D eigenvalue weighted by atomic mass is 10.2. The Morgan fingerprint density at radius 3 is 2.50 bits per heavy atom. The van der Waals surface area contributed by atoms with Gasteiger partial charge in [0.1, 0.15) is 17.3 Å². The van der Waals surface area contributed by atoms with E-state index in [1.807, 2.05) is 0 Å². The van der Waals surface area contributed by atoms with E-state index in [9.17, 15) is 13.5 Å². The van der Waals surface area contributed by atoms with Crippen molar-refractivity contribution in [1.29, 1.82) is 0 Å². The topological polar surface area (TPSA) is 83.5 Å². The molecule has 0 atom stereocenters. The summed E-state index contributed by atoms with van der Waals surface area (Å²) in [4.78, 5) is -0.381. The Hall–Kier alpha value is -1.11. The maximum absolute atomic E-state index is 10.9. The molecule has 1 N–H and O–H groups in total. The molecule has 0 aliphatic rings. The van der Waals surface area contributed by atoms with Crippen LogP contribution in [0, 0.1) is 0 Å². The van der Waals surface area contributed by atoms with Crippen LogP contribution in [0.4, 0.5) is 0 Å². The quantitative estimate of drug-likeness (QED) is 0.761. The van der Waals surface area contributed by atoms with Crippen molar-refractivity contribution in [1.82, 2.24) is 0 Å². The van der Waals surface area contributed by atoms with E-state index >= 15 is 0 Å². The fraction of sp³-hybridized carbons (Fsp3) is 0.250. The highest BCUT2D eigenvalue weighted by Crippen LogP contribution is 2.24. The van der Waals surface area contributed by atoms with Crippen LogP contribution in [0.3, 0.4) is 0 Å². The molecule has 0 unspecified atom stereocenters. The van der Waals surface area contributed by atoms with Crippen LogP contribution in [0.2, 0.25) is 0 Å². The second-order valence-electron chi connectivity index (χ2n) is 2.60. The van der Waals surface area contributed by atoms with Crippen molar-refractivity contribution in [2.75, 3.05) is 7.11 Å². The van der Waals surface area contributed by atoms with Crippen LogP contribution < -0.4 is 4.74 Å². The van der Waals surface area contributed by atoms with E-state index in [0.29, 0.717) is 0 Å². The van der Waals surface area contributed by atoms with Gasteiger partial charge in [-0.3, -0.25) is 4.55 Å². The number of rotatable bonds is 3. The fourth-order valence-electron chi connectivity index (χ4n) is 1.01. The maximum atomic E-state index is 10.9. The largest absolute Gasteiger partial charge is 0.495 e. The third-order valence-electron chi connectivity index (χ3n) is 1.67. The number of ether oxygens (including phenoxy) is 1. The van der Waals surface area contributed by atoms with E-state index in [4.69, 9.17) is 9.29 Å². The first-order valence-electron chi connectivity index (χ1n) is 3.71. The Morgan fingerprint density at radius 1 is 1.43 bits per heavy atom. The summed E-state index contributed by atoms with van der Waals surface area (Å²) in [6.45, 7) is -0.549. The molecule has 6 heteroatoms. The molecule has 0 aromatic heterocycles. The van der Waals surface area contributed by atoms with Gasteiger partial charge in [0, 0.05) is 0 Å². The summed E-state index contributed by atoms with van der Waals surface area (Å²) in [5.74, 6) is 0.0182. The van der Waals surface area contributed by atoms with Gasteiger partial charge in [-0.25, -0.2) is 5.11 Å². The number of hydrogen-bond donors (Lipinski definition) is 1. The molecular formula is C8H9O5S. The van der Waals surface area contributed by atoms with Gasteiger partial charge in [-0.2, -0.15) is 8.42 Å². The predicted molar refractivity (Wildman–Crippen MR) is 47.2 cm³/mol. The van der Waals surface area contributed by atoms with Gasteiger partial charge >= 0.3 is 0 Å². The monoisotopic (exact) mass is 217 g/mol. The second kappa shape index (κ2) is 3.95. The minimum atomic E-state index is -4.34. The van der Waals surface area contributed by atoms with Gasteiger partial charge in [-0.1, -0.05) is 6.07 Å². The van der Waals surface area contributed by atoms with Crippen molar-refractivity contribution in [2.24, 2.45) is 0 Å². The third kappa shape index (κ3) is 2.22. The highest BCUT2D eigenvalue weighted by Gasteiger charge is 2.16. The molecule has 0 spiro atoms. The van der Waals surface area contributed by atoms with Crippen LogP contribution in [0.5, 0.6) is 5.75 Å². The number of methoxy groups -OCH3 is 1. The highest BCUT2D eigenvalue weighted by molar-refractivity contribution is 7.86. The van der Waals surface area contributed by atoms with Crippen molar-refractivity contribution >= 4 is 10.1 Å². The molecule has 0 saturated heterocycles. The molecule has 0 amide bonds. The molecule has 14 heavy (non-hydrogen) atoms. The normalized spacial score (nSPS) is 11.4. The van der Waals surface area contributed by atoms with Crippen LogP contribution >= 0.6 is 0 Å². The molecule has 77 valence electrons. The molecular weight excluding hydrogens is 208 g/mol. The lowest BCUT2D eigenvalue weighted by Gasteiger charge is -2.06. The van der Waals surface area contributed by atoms with E-state index in [-0.39, 0.29) is 16.2 Å². The molecule has 0 fully saturated rings. The van der Waals surface area contributed by atoms with Gasteiger partial charge < -0.3 is 4.74 Å². The Morgan fingerprint density at radius 2 is 2.07 bits per heavy atom. The van der Waals surface area contributed by atoms with Crippen LogP contribution in [-0.2, 0) is 21.8 Å². The molecule has 0 aliphatic carbocycles. The first kappa shape index (κ1) is 11.0. The van der Waals surface area contributed by atoms with E-state index in [1.165, 1.54) is 19.2 Å². The van der Waals surface area contributed by atoms with Gasteiger partial charge in [0.15, 0.2) is 0 Å². The third-order valence-corrected chi connectivity index (χ3v) is 2.55. The highest BCUT2D eigenvalue weighted by atomic mass is 32.2. The first-order chi connectivity index (χ1) is 6.49. The maximum Gasteiger partial charge on any atom is 0.298 e. The van der Waals surface area contributed by atoms with Crippen molar-refractivity contribution in [3.63, 3.8) is 0 Å². The minimum absolute atomic E-state index is 0.0182. The SMILES string of the molecule is COc1ccc(C[O])cc1S(=O)(=O)O. The summed E-state index contributed by atoms with van der Waals surface area (Å²) in [6, 6.07) is 3.87.